The van der Waals surface area contributed by atoms with Gasteiger partial charge in [0.1, 0.15) is 0 Å². The lowest BCUT2D eigenvalue weighted by atomic mass is 10.1. The molecule has 7 nitrogen and oxygen atoms in total. The van der Waals surface area contributed by atoms with Gasteiger partial charge in [0.15, 0.2) is 0 Å². The molecule has 4 saturated heterocycles. The molecule has 1 N–H and O–H groups in total. The molecule has 0 aromatic heterocycles. The molecule has 0 radical (unpaired) electrons. The molecule has 0 aromatic rings. The summed E-state index contributed by atoms with van der Waals surface area (Å²) in [4.78, 5) is 34.6. The lowest BCUT2D eigenvalue weighted by Gasteiger charge is -2.30. The molecule has 30 heavy (non-hydrogen) atoms. The summed E-state index contributed by atoms with van der Waals surface area (Å²) in [5.41, 5.74) is 0. The molecule has 4 aliphatic heterocycles. The Kier molecular flexibility index (Phi) is 7.65. The normalized spacial score (nSPS) is 29.2. The van der Waals surface area contributed by atoms with E-state index in [9.17, 15) is 14.7 Å². The number of hydrogen-bond acceptors (Lipinski definition) is 5. The Morgan fingerprint density at radius 1 is 0.667 bits per heavy atom. The molecule has 0 bridgehead atoms. The first-order valence-corrected chi connectivity index (χ1v) is 12.3. The summed E-state index contributed by atoms with van der Waals surface area (Å²) in [5, 5.41) is 10.5. The van der Waals surface area contributed by atoms with Gasteiger partial charge in [-0.2, -0.15) is 0 Å². The predicted octanol–water partition coefficient (Wildman–Crippen LogP) is 1.30. The molecule has 4 fully saturated rings. The molecule has 0 spiro atoms. The molecule has 2 amide bonds. The number of aliphatic hydroxyl groups excluding tert-OH is 1. The smallest absolute Gasteiger partial charge is 0.225 e. The van der Waals surface area contributed by atoms with E-state index in [0.717, 1.165) is 78.0 Å². The zero-order valence-electron chi connectivity index (χ0n) is 18.5. The Labute approximate surface area is 181 Å². The van der Waals surface area contributed by atoms with Crippen LogP contribution in [0, 0.1) is 0 Å². The first kappa shape index (κ1) is 22.0. The van der Waals surface area contributed by atoms with Crippen molar-refractivity contribution in [2.45, 2.75) is 82.4 Å². The number of amides is 2. The van der Waals surface area contributed by atoms with Gasteiger partial charge in [-0.1, -0.05) is 0 Å². The fourth-order valence-corrected chi connectivity index (χ4v) is 5.94. The SMILES string of the molecule is O=C(CC(O)CC(=O)N1CCCC1CN1CCCC1)N1CCCC1CN1CCCC1. The Morgan fingerprint density at radius 2 is 1.07 bits per heavy atom. The molecule has 4 rings (SSSR count). The van der Waals surface area contributed by atoms with Gasteiger partial charge in [0.25, 0.3) is 0 Å². The third-order valence-electron chi connectivity index (χ3n) is 7.55. The van der Waals surface area contributed by atoms with Crippen molar-refractivity contribution in [1.82, 2.24) is 19.6 Å². The van der Waals surface area contributed by atoms with Crippen LogP contribution in [0.2, 0.25) is 0 Å². The number of carbonyl (C=O) groups is 2. The van der Waals surface area contributed by atoms with Crippen molar-refractivity contribution in [2.75, 3.05) is 52.4 Å². The summed E-state index contributed by atoms with van der Waals surface area (Å²) in [6.07, 6.45) is 8.54. The van der Waals surface area contributed by atoms with Crippen LogP contribution < -0.4 is 0 Å². The minimum absolute atomic E-state index is 0.0204. The van der Waals surface area contributed by atoms with E-state index in [-0.39, 0.29) is 36.7 Å². The minimum atomic E-state index is -0.869. The van der Waals surface area contributed by atoms with Gasteiger partial charge < -0.3 is 24.7 Å². The molecule has 0 saturated carbocycles. The quantitative estimate of drug-likeness (QED) is 0.641. The van der Waals surface area contributed by atoms with E-state index in [1.54, 1.807) is 0 Å². The van der Waals surface area contributed by atoms with Crippen LogP contribution in [0.3, 0.4) is 0 Å². The van der Waals surface area contributed by atoms with Crippen LogP contribution in [-0.2, 0) is 9.59 Å². The minimum Gasteiger partial charge on any atom is -0.392 e. The fraction of sp³-hybridized carbons (Fsp3) is 0.913. The van der Waals surface area contributed by atoms with Crippen molar-refractivity contribution in [1.29, 1.82) is 0 Å². The lowest BCUT2D eigenvalue weighted by Crippen LogP contribution is -2.45. The maximum Gasteiger partial charge on any atom is 0.225 e. The monoisotopic (exact) mass is 420 g/mol. The standard InChI is InChI=1S/C23H40N4O3/c28-21(15-22(29)26-13-5-7-19(26)17-24-9-1-2-10-24)16-23(30)27-14-6-8-20(27)18-25-11-3-4-12-25/h19-21,28H,1-18H2. The number of hydrogen-bond donors (Lipinski definition) is 1. The number of rotatable bonds is 8. The van der Waals surface area contributed by atoms with Gasteiger partial charge in [-0.05, 0) is 77.5 Å². The molecular weight excluding hydrogens is 380 g/mol. The first-order valence-electron chi connectivity index (χ1n) is 12.3. The van der Waals surface area contributed by atoms with Crippen molar-refractivity contribution < 1.29 is 14.7 Å². The van der Waals surface area contributed by atoms with Gasteiger partial charge in [0.05, 0.1) is 18.9 Å². The highest BCUT2D eigenvalue weighted by Crippen LogP contribution is 2.24. The van der Waals surface area contributed by atoms with Crippen molar-refractivity contribution in [3.63, 3.8) is 0 Å². The van der Waals surface area contributed by atoms with Crippen molar-refractivity contribution in [3.05, 3.63) is 0 Å². The van der Waals surface area contributed by atoms with Crippen LogP contribution in [0.5, 0.6) is 0 Å². The van der Waals surface area contributed by atoms with Crippen LogP contribution >= 0.6 is 0 Å². The number of aliphatic hydroxyl groups is 1. The summed E-state index contributed by atoms with van der Waals surface area (Å²) in [7, 11) is 0. The topological polar surface area (TPSA) is 67.3 Å². The number of carbonyl (C=O) groups excluding carboxylic acids is 2. The fourth-order valence-electron chi connectivity index (χ4n) is 5.94. The van der Waals surface area contributed by atoms with Gasteiger partial charge in [0, 0.05) is 38.3 Å². The van der Waals surface area contributed by atoms with E-state index in [1.165, 1.54) is 25.7 Å². The Bertz CT molecular complexity index is 539. The number of likely N-dealkylation sites (tertiary alicyclic amines) is 4. The van der Waals surface area contributed by atoms with Gasteiger partial charge in [-0.15, -0.1) is 0 Å². The third-order valence-corrected chi connectivity index (χ3v) is 7.55. The van der Waals surface area contributed by atoms with Crippen molar-refractivity contribution >= 4 is 11.8 Å². The van der Waals surface area contributed by atoms with Crippen LogP contribution in [0.25, 0.3) is 0 Å². The Morgan fingerprint density at radius 3 is 1.47 bits per heavy atom. The summed E-state index contributed by atoms with van der Waals surface area (Å²) in [5.74, 6) is 0.0408. The van der Waals surface area contributed by atoms with E-state index in [4.69, 9.17) is 0 Å². The molecule has 4 heterocycles. The lowest BCUT2D eigenvalue weighted by molar-refractivity contribution is -0.137. The third kappa shape index (κ3) is 5.54. The Hall–Kier alpha value is -1.18. The Balaban J connectivity index is 1.23. The highest BCUT2D eigenvalue weighted by atomic mass is 16.3. The van der Waals surface area contributed by atoms with E-state index in [2.05, 4.69) is 9.80 Å². The van der Waals surface area contributed by atoms with Crippen LogP contribution in [-0.4, -0.2) is 107 Å². The highest BCUT2D eigenvalue weighted by molar-refractivity contribution is 5.80. The van der Waals surface area contributed by atoms with E-state index in [1.807, 2.05) is 9.80 Å². The second kappa shape index (κ2) is 10.4. The molecule has 0 aliphatic carbocycles. The van der Waals surface area contributed by atoms with Gasteiger partial charge in [-0.3, -0.25) is 9.59 Å². The maximum atomic E-state index is 12.9. The van der Waals surface area contributed by atoms with Crippen LogP contribution in [0.1, 0.15) is 64.2 Å². The van der Waals surface area contributed by atoms with E-state index in [0.29, 0.717) is 0 Å². The molecule has 2 unspecified atom stereocenters. The van der Waals surface area contributed by atoms with Crippen LogP contribution in [0.15, 0.2) is 0 Å². The highest BCUT2D eigenvalue weighted by Gasteiger charge is 2.34. The van der Waals surface area contributed by atoms with Crippen molar-refractivity contribution in [3.8, 4) is 0 Å². The summed E-state index contributed by atoms with van der Waals surface area (Å²) >= 11 is 0. The maximum absolute atomic E-state index is 12.9. The van der Waals surface area contributed by atoms with Crippen LogP contribution in [0.4, 0.5) is 0 Å². The first-order chi connectivity index (χ1) is 14.6. The molecule has 4 aliphatic rings. The zero-order chi connectivity index (χ0) is 20.9. The van der Waals surface area contributed by atoms with E-state index >= 15 is 0 Å². The summed E-state index contributed by atoms with van der Waals surface area (Å²) in [6, 6.07) is 0.559. The van der Waals surface area contributed by atoms with Gasteiger partial charge in [-0.25, -0.2) is 0 Å². The molecule has 7 heteroatoms. The molecule has 2 atom stereocenters. The molecule has 0 aromatic carbocycles. The largest absolute Gasteiger partial charge is 0.392 e. The average Bonchev–Trinajstić information content (AvgIpc) is 3.51. The zero-order valence-corrected chi connectivity index (χ0v) is 18.5. The van der Waals surface area contributed by atoms with Crippen molar-refractivity contribution in [2.24, 2.45) is 0 Å². The summed E-state index contributed by atoms with van der Waals surface area (Å²) in [6.45, 7) is 8.09. The second-order valence-corrected chi connectivity index (χ2v) is 9.84. The number of nitrogens with zero attached hydrogens (tertiary/aromatic N) is 4. The van der Waals surface area contributed by atoms with Gasteiger partial charge >= 0.3 is 0 Å². The van der Waals surface area contributed by atoms with E-state index < -0.39 is 6.10 Å². The molecule has 170 valence electrons. The predicted molar refractivity (Wildman–Crippen MR) is 116 cm³/mol. The average molecular weight is 421 g/mol. The summed E-state index contributed by atoms with van der Waals surface area (Å²) < 4.78 is 0. The second-order valence-electron chi connectivity index (χ2n) is 9.84. The van der Waals surface area contributed by atoms with Gasteiger partial charge in [0.2, 0.25) is 11.8 Å². The molecular formula is C23H40N4O3.